The van der Waals surface area contributed by atoms with Crippen LogP contribution in [0.15, 0.2) is 36.4 Å². The number of hydrogen-bond acceptors (Lipinski definition) is 3. The largest absolute Gasteiger partial charge is 0.495 e. The highest BCUT2D eigenvalue weighted by atomic mass is 35.5. The zero-order valence-electron chi connectivity index (χ0n) is 15.7. The first-order valence-corrected chi connectivity index (χ1v) is 9.96. The van der Waals surface area contributed by atoms with Gasteiger partial charge in [0.1, 0.15) is 17.7 Å². The molecule has 1 fully saturated rings. The number of alkyl halides is 1. The third kappa shape index (κ3) is 4.49. The summed E-state index contributed by atoms with van der Waals surface area (Å²) in [7, 11) is 1.43. The van der Waals surface area contributed by atoms with Crippen LogP contribution >= 0.6 is 23.2 Å². The third-order valence-electron chi connectivity index (χ3n) is 5.31. The average Bonchev–Trinajstić information content (AvgIpc) is 2.71. The van der Waals surface area contributed by atoms with Crippen LogP contribution in [0.1, 0.15) is 47.6 Å². The van der Waals surface area contributed by atoms with Gasteiger partial charge in [-0.05, 0) is 49.4 Å². The van der Waals surface area contributed by atoms with E-state index in [1.165, 1.54) is 31.4 Å². The van der Waals surface area contributed by atoms with Crippen LogP contribution in [0.5, 0.6) is 5.75 Å². The number of hydrogen-bond donors (Lipinski definition) is 2. The van der Waals surface area contributed by atoms with Crippen molar-refractivity contribution in [3.8, 4) is 5.75 Å². The minimum absolute atomic E-state index is 0.0950. The molecule has 1 aliphatic rings. The molecule has 2 N–H and O–H groups in total. The third-order valence-corrected chi connectivity index (χ3v) is 6.10. The first-order chi connectivity index (χ1) is 13.8. The van der Waals surface area contributed by atoms with Gasteiger partial charge in [0.05, 0.1) is 34.4 Å². The second-order valence-corrected chi connectivity index (χ2v) is 7.91. The van der Waals surface area contributed by atoms with Crippen molar-refractivity contribution in [3.63, 3.8) is 0 Å². The van der Waals surface area contributed by atoms with Crippen LogP contribution in [0, 0.1) is 5.82 Å². The second-order valence-electron chi connectivity index (χ2n) is 7.15. The fourth-order valence-corrected chi connectivity index (χ4v) is 4.19. The van der Waals surface area contributed by atoms with E-state index in [-0.39, 0.29) is 46.9 Å². The van der Waals surface area contributed by atoms with Crippen molar-refractivity contribution >= 4 is 29.1 Å². The molecule has 1 atom stereocenters. The van der Waals surface area contributed by atoms with Gasteiger partial charge in [-0.1, -0.05) is 41.4 Å². The molecule has 2 aromatic rings. The number of carbonyl (C=O) groups is 1. The Hall–Kier alpha value is -1.89. The summed E-state index contributed by atoms with van der Waals surface area (Å²) in [4.78, 5) is 13.0. The molecule has 3 rings (SSSR count). The van der Waals surface area contributed by atoms with E-state index in [4.69, 9.17) is 27.9 Å². The van der Waals surface area contributed by atoms with Gasteiger partial charge < -0.3 is 15.2 Å². The summed E-state index contributed by atoms with van der Waals surface area (Å²) in [6.07, 6.45) is -0.566. The highest BCUT2D eigenvalue weighted by Gasteiger charge is 2.43. The molecular weight excluding hydrogens is 423 g/mol. The summed E-state index contributed by atoms with van der Waals surface area (Å²) in [5.41, 5.74) is -1.13. The van der Waals surface area contributed by atoms with E-state index >= 15 is 0 Å². The van der Waals surface area contributed by atoms with E-state index in [9.17, 15) is 18.7 Å². The molecule has 0 saturated heterocycles. The molecule has 1 unspecified atom stereocenters. The van der Waals surface area contributed by atoms with Crippen molar-refractivity contribution < 1.29 is 23.4 Å². The maximum Gasteiger partial charge on any atom is 0.253 e. The molecule has 1 amide bonds. The number of amides is 1. The molecule has 0 spiro atoms. The topological polar surface area (TPSA) is 58.6 Å². The van der Waals surface area contributed by atoms with Crippen LogP contribution in [0.4, 0.5) is 8.78 Å². The van der Waals surface area contributed by atoms with Gasteiger partial charge >= 0.3 is 0 Å². The Morgan fingerprint density at radius 3 is 2.52 bits per heavy atom. The van der Waals surface area contributed by atoms with Crippen molar-refractivity contribution in [2.45, 2.75) is 43.5 Å². The lowest BCUT2D eigenvalue weighted by Gasteiger charge is -2.41. The van der Waals surface area contributed by atoms with Crippen LogP contribution in [-0.2, 0) is 0 Å². The normalized spacial score (nSPS) is 22.8. The lowest BCUT2D eigenvalue weighted by Crippen LogP contribution is -2.48. The van der Waals surface area contributed by atoms with Crippen molar-refractivity contribution in [1.82, 2.24) is 5.32 Å². The predicted octanol–water partition coefficient (Wildman–Crippen LogP) is 5.26. The number of ether oxygens (including phenoxy) is 1. The van der Waals surface area contributed by atoms with E-state index < -0.39 is 29.5 Å². The summed E-state index contributed by atoms with van der Waals surface area (Å²) in [6, 6.07) is 7.83. The number of methoxy groups -OCH3 is 1. The molecule has 156 valence electrons. The fourth-order valence-electron chi connectivity index (χ4n) is 3.67. The van der Waals surface area contributed by atoms with Gasteiger partial charge in [0, 0.05) is 0 Å². The number of rotatable bonds is 5. The molecule has 8 heteroatoms. The van der Waals surface area contributed by atoms with E-state index in [2.05, 4.69) is 5.32 Å². The van der Waals surface area contributed by atoms with Crippen molar-refractivity contribution in [2.24, 2.45) is 0 Å². The van der Waals surface area contributed by atoms with Crippen molar-refractivity contribution in [3.05, 3.63) is 63.4 Å². The molecule has 1 saturated carbocycles. The standard InChI is InChI=1S/C21H21Cl2F2NO3/c1-29-16-7-3-5-14(18(16)23)20(27)26-19(13-4-2-6-15(25)17(13)22)21(28)10-8-12(24)9-11-21/h2-7,12,19,28H,8-11H2,1H3,(H,26,27)/t12-,19?,21-. The molecule has 0 aromatic heterocycles. The number of nitrogens with one attached hydrogen (secondary N) is 1. The van der Waals surface area contributed by atoms with E-state index in [1.54, 1.807) is 12.1 Å². The number of benzene rings is 2. The first-order valence-electron chi connectivity index (χ1n) is 9.20. The maximum atomic E-state index is 14.1. The number of carbonyl (C=O) groups excluding carboxylic acids is 1. The average molecular weight is 444 g/mol. The molecular formula is C21H21Cl2F2NO3. The molecule has 29 heavy (non-hydrogen) atoms. The molecule has 0 radical (unpaired) electrons. The van der Waals surface area contributed by atoms with Gasteiger partial charge in [-0.2, -0.15) is 0 Å². The maximum absolute atomic E-state index is 14.1. The van der Waals surface area contributed by atoms with Crippen molar-refractivity contribution in [2.75, 3.05) is 7.11 Å². The van der Waals surface area contributed by atoms with Gasteiger partial charge in [0.2, 0.25) is 0 Å². The van der Waals surface area contributed by atoms with Gasteiger partial charge in [0.25, 0.3) is 5.91 Å². The highest BCUT2D eigenvalue weighted by molar-refractivity contribution is 6.35. The zero-order chi connectivity index (χ0) is 21.2. The first kappa shape index (κ1) is 21.8. The Kier molecular flexibility index (Phi) is 6.66. The fraction of sp³-hybridized carbons (Fsp3) is 0.381. The monoisotopic (exact) mass is 443 g/mol. The van der Waals surface area contributed by atoms with Crippen molar-refractivity contribution in [1.29, 1.82) is 0 Å². The molecule has 1 aliphatic carbocycles. The van der Waals surface area contributed by atoms with Gasteiger partial charge in [-0.25, -0.2) is 8.78 Å². The van der Waals surface area contributed by atoms with E-state index in [0.717, 1.165) is 0 Å². The Bertz CT molecular complexity index is 901. The summed E-state index contributed by atoms with van der Waals surface area (Å²) in [6.45, 7) is 0. The minimum Gasteiger partial charge on any atom is -0.495 e. The molecule has 2 aromatic carbocycles. The highest BCUT2D eigenvalue weighted by Crippen LogP contribution is 2.42. The Morgan fingerprint density at radius 1 is 1.21 bits per heavy atom. The Balaban J connectivity index is 2.00. The van der Waals surface area contributed by atoms with Gasteiger partial charge in [0.15, 0.2) is 0 Å². The Morgan fingerprint density at radius 2 is 1.86 bits per heavy atom. The lowest BCUT2D eigenvalue weighted by atomic mass is 9.76. The quantitative estimate of drug-likeness (QED) is 0.662. The zero-order valence-corrected chi connectivity index (χ0v) is 17.2. The smallest absolute Gasteiger partial charge is 0.253 e. The number of halogens is 4. The molecule has 0 aliphatic heterocycles. The van der Waals surface area contributed by atoms with E-state index in [0.29, 0.717) is 5.75 Å². The minimum atomic E-state index is -1.49. The van der Waals surface area contributed by atoms with E-state index in [1.807, 2.05) is 0 Å². The van der Waals surface area contributed by atoms with Crippen LogP contribution < -0.4 is 10.1 Å². The summed E-state index contributed by atoms with van der Waals surface area (Å²) in [5, 5.41) is 13.9. The summed E-state index contributed by atoms with van der Waals surface area (Å²) in [5.74, 6) is -0.947. The van der Waals surface area contributed by atoms with Crippen LogP contribution in [-0.4, -0.2) is 29.9 Å². The summed E-state index contributed by atoms with van der Waals surface area (Å²) >= 11 is 12.4. The summed E-state index contributed by atoms with van der Waals surface area (Å²) < 4.78 is 32.9. The Labute approximate surface area is 177 Å². The van der Waals surface area contributed by atoms with Gasteiger partial charge in [-0.15, -0.1) is 0 Å². The molecule has 0 heterocycles. The molecule has 4 nitrogen and oxygen atoms in total. The van der Waals surface area contributed by atoms with Crippen LogP contribution in [0.25, 0.3) is 0 Å². The van der Waals surface area contributed by atoms with Crippen LogP contribution in [0.2, 0.25) is 10.0 Å². The SMILES string of the molecule is COc1cccc(C(=O)NC(c2cccc(F)c2Cl)[C@]2(O)CC[C@H](F)CC2)c1Cl. The molecule has 0 bridgehead atoms. The lowest BCUT2D eigenvalue weighted by molar-refractivity contribution is -0.0445. The van der Waals surface area contributed by atoms with Gasteiger partial charge in [-0.3, -0.25) is 4.79 Å². The second kappa shape index (κ2) is 8.86. The number of aliphatic hydroxyl groups is 1. The predicted molar refractivity (Wildman–Crippen MR) is 108 cm³/mol. The van der Waals surface area contributed by atoms with Crippen LogP contribution in [0.3, 0.4) is 0 Å².